The van der Waals surface area contributed by atoms with Crippen LogP contribution in [0, 0.1) is 13.8 Å². The van der Waals surface area contributed by atoms with E-state index in [1.54, 1.807) is 0 Å². The highest BCUT2D eigenvalue weighted by molar-refractivity contribution is 14.1. The van der Waals surface area contributed by atoms with Crippen LogP contribution in [0.1, 0.15) is 40.9 Å². The number of allylic oxidation sites excluding steroid dienone is 2. The van der Waals surface area contributed by atoms with Gasteiger partial charge in [-0.25, -0.2) is 0 Å². The number of phenols is 1. The van der Waals surface area contributed by atoms with Crippen LogP contribution in [0.5, 0.6) is 5.75 Å². The minimum Gasteiger partial charge on any atom is -0.507 e. The molecule has 1 rings (SSSR count). The third-order valence-corrected chi connectivity index (χ3v) is 3.63. The van der Waals surface area contributed by atoms with Crippen LogP contribution in [0.4, 0.5) is 0 Å². The summed E-state index contributed by atoms with van der Waals surface area (Å²) in [5.41, 5.74) is 4.43. The van der Waals surface area contributed by atoms with Gasteiger partial charge in [0.1, 0.15) is 5.75 Å². The summed E-state index contributed by atoms with van der Waals surface area (Å²) in [5, 5.41) is 10.3. The third-order valence-electron chi connectivity index (χ3n) is 2.94. The van der Waals surface area contributed by atoms with Crippen molar-refractivity contribution < 1.29 is 9.90 Å². The summed E-state index contributed by atoms with van der Waals surface area (Å²) in [5.74, 6) is 0.149. The molecule has 0 aromatic heterocycles. The van der Waals surface area contributed by atoms with Gasteiger partial charge >= 0.3 is 0 Å². The van der Waals surface area contributed by atoms with Gasteiger partial charge < -0.3 is 5.11 Å². The largest absolute Gasteiger partial charge is 0.507 e. The molecule has 0 saturated heterocycles. The maximum atomic E-state index is 11.9. The second-order valence-corrected chi connectivity index (χ2v) is 5.52. The van der Waals surface area contributed by atoms with E-state index in [0.717, 1.165) is 16.7 Å². The van der Waals surface area contributed by atoms with E-state index in [0.29, 0.717) is 16.4 Å². The van der Waals surface area contributed by atoms with Crippen molar-refractivity contribution in [3.05, 3.63) is 40.0 Å². The van der Waals surface area contributed by atoms with Crippen molar-refractivity contribution in [2.75, 3.05) is 4.43 Å². The van der Waals surface area contributed by atoms with Crippen LogP contribution < -0.4 is 0 Å². The minimum atomic E-state index is -0.0101. The first-order valence-corrected chi connectivity index (χ1v) is 7.45. The highest BCUT2D eigenvalue weighted by Crippen LogP contribution is 2.30. The summed E-state index contributed by atoms with van der Waals surface area (Å²) >= 11 is 2.03. The maximum absolute atomic E-state index is 11.9. The monoisotopic (exact) mass is 358 g/mol. The quantitative estimate of drug-likeness (QED) is 0.380. The summed E-state index contributed by atoms with van der Waals surface area (Å²) in [6, 6.07) is 1.98. The Morgan fingerprint density at radius 2 is 1.94 bits per heavy atom. The van der Waals surface area contributed by atoms with Crippen molar-refractivity contribution in [1.29, 1.82) is 0 Å². The fourth-order valence-corrected chi connectivity index (χ4v) is 2.37. The Labute approximate surface area is 122 Å². The van der Waals surface area contributed by atoms with Gasteiger partial charge in [-0.15, -0.1) is 0 Å². The Kier molecular flexibility index (Phi) is 5.38. The first-order chi connectivity index (χ1) is 8.38. The number of hydrogen-bond acceptors (Lipinski definition) is 2. The van der Waals surface area contributed by atoms with Gasteiger partial charge in [0.15, 0.2) is 5.78 Å². The lowest BCUT2D eigenvalue weighted by Gasteiger charge is -2.13. The average molecular weight is 358 g/mol. The van der Waals surface area contributed by atoms with Crippen LogP contribution in [0.25, 0.3) is 0 Å². The second kappa shape index (κ2) is 6.36. The van der Waals surface area contributed by atoms with Crippen molar-refractivity contribution in [3.63, 3.8) is 0 Å². The van der Waals surface area contributed by atoms with Crippen LogP contribution in [-0.2, 0) is 6.42 Å². The number of halogens is 1. The molecule has 0 radical (unpaired) electrons. The van der Waals surface area contributed by atoms with Gasteiger partial charge in [-0.3, -0.25) is 4.79 Å². The zero-order valence-electron chi connectivity index (χ0n) is 11.3. The topological polar surface area (TPSA) is 37.3 Å². The smallest absolute Gasteiger partial charge is 0.176 e. The zero-order valence-corrected chi connectivity index (χ0v) is 13.5. The SMILES string of the molecule is CC(C)=CCc1c(C)cc(C)c(C(=O)CI)c1O. The predicted molar refractivity (Wildman–Crippen MR) is 83.9 cm³/mol. The lowest BCUT2D eigenvalue weighted by molar-refractivity contribution is 0.102. The van der Waals surface area contributed by atoms with Gasteiger partial charge in [-0.2, -0.15) is 0 Å². The van der Waals surface area contributed by atoms with Gasteiger partial charge in [-0.1, -0.05) is 40.3 Å². The number of Topliss-reactive ketones (excluding diaryl/α,β-unsaturated/α-hetero) is 1. The molecule has 0 heterocycles. The first kappa shape index (κ1) is 15.2. The number of phenolic OH excluding ortho intramolecular Hbond substituents is 1. The molecule has 1 aromatic rings. The standard InChI is InChI=1S/C15H19IO2/c1-9(2)5-6-12-10(3)7-11(4)14(15(12)18)13(17)8-16/h5,7,18H,6,8H2,1-4H3. The molecule has 3 heteroatoms. The fraction of sp³-hybridized carbons (Fsp3) is 0.400. The van der Waals surface area contributed by atoms with Crippen molar-refractivity contribution >= 4 is 28.4 Å². The molecule has 0 spiro atoms. The predicted octanol–water partition coefficient (Wildman–Crippen LogP) is 4.14. The van der Waals surface area contributed by atoms with Gasteiger partial charge in [0.05, 0.1) is 9.99 Å². The number of aryl methyl sites for hydroxylation is 2. The Hall–Kier alpha value is -0.840. The van der Waals surface area contributed by atoms with E-state index in [-0.39, 0.29) is 11.5 Å². The number of benzene rings is 1. The van der Waals surface area contributed by atoms with E-state index in [4.69, 9.17) is 0 Å². The van der Waals surface area contributed by atoms with Crippen LogP contribution in [-0.4, -0.2) is 15.3 Å². The van der Waals surface area contributed by atoms with Crippen molar-refractivity contribution in [2.45, 2.75) is 34.1 Å². The third kappa shape index (κ3) is 3.34. The maximum Gasteiger partial charge on any atom is 0.176 e. The molecule has 18 heavy (non-hydrogen) atoms. The molecule has 0 aliphatic heterocycles. The number of carbonyl (C=O) groups is 1. The van der Waals surface area contributed by atoms with Crippen LogP contribution in [0.3, 0.4) is 0 Å². The van der Waals surface area contributed by atoms with E-state index in [1.807, 2.05) is 56.4 Å². The molecule has 98 valence electrons. The lowest BCUT2D eigenvalue weighted by Crippen LogP contribution is -2.06. The molecule has 0 atom stereocenters. The number of aromatic hydroxyl groups is 1. The van der Waals surface area contributed by atoms with Crippen molar-refractivity contribution in [2.24, 2.45) is 0 Å². The molecule has 1 N–H and O–H groups in total. The number of rotatable bonds is 4. The molecule has 0 aliphatic carbocycles. The molecule has 0 aliphatic rings. The number of ketones is 1. The minimum absolute atomic E-state index is 0.0101. The molecule has 0 saturated carbocycles. The van der Waals surface area contributed by atoms with Crippen LogP contribution in [0.15, 0.2) is 17.7 Å². The Bertz CT molecular complexity index is 498. The zero-order chi connectivity index (χ0) is 13.9. The Morgan fingerprint density at radius 1 is 1.33 bits per heavy atom. The summed E-state index contributed by atoms with van der Waals surface area (Å²) in [6.45, 7) is 7.89. The molecular formula is C15H19IO2. The van der Waals surface area contributed by atoms with Crippen LogP contribution >= 0.6 is 22.6 Å². The van der Waals surface area contributed by atoms with Gasteiger partial charge in [0.25, 0.3) is 0 Å². The summed E-state index contributed by atoms with van der Waals surface area (Å²) in [6.07, 6.45) is 2.73. The second-order valence-electron chi connectivity index (χ2n) is 4.75. The first-order valence-electron chi connectivity index (χ1n) is 5.93. The Balaban J connectivity index is 3.35. The number of carbonyl (C=O) groups excluding carboxylic acids is 1. The van der Waals surface area contributed by atoms with E-state index < -0.39 is 0 Å². The van der Waals surface area contributed by atoms with Gasteiger partial charge in [-0.05, 0) is 45.2 Å². The van der Waals surface area contributed by atoms with Gasteiger partial charge in [0, 0.05) is 5.56 Å². The number of alkyl halides is 1. The molecule has 1 aromatic carbocycles. The average Bonchev–Trinajstić information content (AvgIpc) is 2.27. The highest BCUT2D eigenvalue weighted by atomic mass is 127. The normalized spacial score (nSPS) is 10.3. The number of hydrogen-bond donors (Lipinski definition) is 1. The molecule has 0 unspecified atom stereocenters. The van der Waals surface area contributed by atoms with E-state index >= 15 is 0 Å². The molecule has 0 amide bonds. The van der Waals surface area contributed by atoms with E-state index in [1.165, 1.54) is 5.57 Å². The highest BCUT2D eigenvalue weighted by Gasteiger charge is 2.17. The van der Waals surface area contributed by atoms with Crippen molar-refractivity contribution in [3.8, 4) is 5.75 Å². The molecular weight excluding hydrogens is 339 g/mol. The van der Waals surface area contributed by atoms with Gasteiger partial charge in [0.2, 0.25) is 0 Å². The summed E-state index contributed by atoms with van der Waals surface area (Å²) in [7, 11) is 0. The summed E-state index contributed by atoms with van der Waals surface area (Å²) < 4.78 is 0.386. The van der Waals surface area contributed by atoms with E-state index in [9.17, 15) is 9.90 Å². The Morgan fingerprint density at radius 3 is 2.44 bits per heavy atom. The molecule has 2 nitrogen and oxygen atoms in total. The fourth-order valence-electron chi connectivity index (χ4n) is 1.99. The summed E-state index contributed by atoms with van der Waals surface area (Å²) in [4.78, 5) is 11.9. The van der Waals surface area contributed by atoms with E-state index in [2.05, 4.69) is 6.08 Å². The molecule has 0 fully saturated rings. The van der Waals surface area contributed by atoms with Crippen LogP contribution in [0.2, 0.25) is 0 Å². The lowest BCUT2D eigenvalue weighted by atomic mass is 9.94. The molecule has 0 bridgehead atoms. The van der Waals surface area contributed by atoms with Crippen molar-refractivity contribution in [1.82, 2.24) is 0 Å².